The molecule has 122 valence electrons. The Labute approximate surface area is 139 Å². The average Bonchev–Trinajstić information content (AvgIpc) is 3.02. The zero-order valence-corrected chi connectivity index (χ0v) is 13.5. The van der Waals surface area contributed by atoms with Gasteiger partial charge in [-0.1, -0.05) is 24.3 Å². The van der Waals surface area contributed by atoms with Crippen molar-refractivity contribution in [3.8, 4) is 0 Å². The third-order valence-corrected chi connectivity index (χ3v) is 6.02. The van der Waals surface area contributed by atoms with Crippen LogP contribution in [0.5, 0.6) is 0 Å². The highest BCUT2D eigenvalue weighted by Crippen LogP contribution is 2.32. The van der Waals surface area contributed by atoms with Crippen molar-refractivity contribution in [1.82, 2.24) is 14.7 Å². The summed E-state index contributed by atoms with van der Waals surface area (Å²) in [6.45, 7) is 0. The number of hydrogen-bond donors (Lipinski definition) is 1. The molecule has 0 spiro atoms. The predicted octanol–water partition coefficient (Wildman–Crippen LogP) is 1.98. The van der Waals surface area contributed by atoms with Crippen LogP contribution >= 0.6 is 0 Å². The third kappa shape index (κ3) is 2.46. The van der Waals surface area contributed by atoms with E-state index in [9.17, 15) is 13.2 Å². The van der Waals surface area contributed by atoms with Gasteiger partial charge in [0.15, 0.2) is 9.84 Å². The molecule has 0 fully saturated rings. The van der Waals surface area contributed by atoms with E-state index in [0.717, 1.165) is 0 Å². The highest BCUT2D eigenvalue weighted by atomic mass is 32.2. The van der Waals surface area contributed by atoms with Crippen molar-refractivity contribution in [1.29, 1.82) is 0 Å². The van der Waals surface area contributed by atoms with Crippen LogP contribution in [0.2, 0.25) is 0 Å². The number of fused-ring (bicyclic) bond motifs is 2. The van der Waals surface area contributed by atoms with E-state index >= 15 is 0 Å². The molecule has 7 heteroatoms. The van der Waals surface area contributed by atoms with Gasteiger partial charge in [0.2, 0.25) is 0 Å². The number of nitrogens with one attached hydrogen (secondary N) is 1. The number of nitrogens with zero attached hydrogens (tertiary/aromatic N) is 2. The molecule has 0 radical (unpaired) electrons. The predicted molar refractivity (Wildman–Crippen MR) is 88.5 cm³/mol. The van der Waals surface area contributed by atoms with Crippen LogP contribution in [0.4, 0.5) is 0 Å². The van der Waals surface area contributed by atoms with Crippen LogP contribution in [-0.2, 0) is 9.84 Å². The number of amides is 1. The van der Waals surface area contributed by atoms with Gasteiger partial charge in [0, 0.05) is 12.4 Å². The molecule has 1 aromatic carbocycles. The van der Waals surface area contributed by atoms with Crippen molar-refractivity contribution in [3.63, 3.8) is 0 Å². The summed E-state index contributed by atoms with van der Waals surface area (Å²) in [6.07, 6.45) is 3.84. The maximum absolute atomic E-state index is 12.5. The lowest BCUT2D eigenvalue weighted by atomic mass is 10.0. The first-order valence-corrected chi connectivity index (χ1v) is 9.26. The minimum Gasteiger partial charge on any atom is -0.344 e. The van der Waals surface area contributed by atoms with Crippen LogP contribution in [-0.4, -0.2) is 29.5 Å². The van der Waals surface area contributed by atoms with Gasteiger partial charge in [-0.3, -0.25) is 4.79 Å². The number of rotatable bonds is 2. The van der Waals surface area contributed by atoms with Gasteiger partial charge in [-0.15, -0.1) is 0 Å². The number of sulfone groups is 1. The minimum absolute atomic E-state index is 0.0279. The van der Waals surface area contributed by atoms with E-state index in [1.54, 1.807) is 34.9 Å². The SMILES string of the molecule is O=C(N[C@@H]1CCS(=O)(=O)c2ccccc21)c1cn2ccccc2n1. The molecule has 2 aromatic heterocycles. The van der Waals surface area contributed by atoms with Crippen molar-refractivity contribution in [2.45, 2.75) is 17.4 Å². The Morgan fingerprint density at radius 3 is 2.79 bits per heavy atom. The topological polar surface area (TPSA) is 80.5 Å². The Morgan fingerprint density at radius 2 is 1.96 bits per heavy atom. The summed E-state index contributed by atoms with van der Waals surface area (Å²) in [5.74, 6) is -0.280. The van der Waals surface area contributed by atoms with Crippen molar-refractivity contribution in [3.05, 3.63) is 66.1 Å². The molecule has 0 saturated heterocycles. The van der Waals surface area contributed by atoms with E-state index < -0.39 is 9.84 Å². The molecule has 4 rings (SSSR count). The highest BCUT2D eigenvalue weighted by Gasteiger charge is 2.31. The standard InChI is InChI=1S/C17H15N3O3S/c21-17(14-11-20-9-4-3-7-16(20)18-14)19-13-8-10-24(22,23)15-6-2-1-5-12(13)15/h1-7,9,11,13H,8,10H2,(H,19,21)/t13-/m1/s1. The Bertz CT molecular complexity index is 1010. The highest BCUT2D eigenvalue weighted by molar-refractivity contribution is 7.91. The number of hydrogen-bond acceptors (Lipinski definition) is 4. The van der Waals surface area contributed by atoms with Gasteiger partial charge >= 0.3 is 0 Å². The number of carbonyl (C=O) groups is 1. The quantitative estimate of drug-likeness (QED) is 0.773. The third-order valence-electron chi connectivity index (χ3n) is 4.21. The normalized spacial score (nSPS) is 18.9. The fourth-order valence-electron chi connectivity index (χ4n) is 3.02. The van der Waals surface area contributed by atoms with Crippen molar-refractivity contribution in [2.24, 2.45) is 0 Å². The van der Waals surface area contributed by atoms with Crippen molar-refractivity contribution >= 4 is 21.4 Å². The van der Waals surface area contributed by atoms with Crippen LogP contribution < -0.4 is 5.32 Å². The Morgan fingerprint density at radius 1 is 1.17 bits per heavy atom. The second-order valence-corrected chi connectivity index (χ2v) is 7.84. The van der Waals surface area contributed by atoms with Crippen LogP contribution in [0, 0.1) is 0 Å². The van der Waals surface area contributed by atoms with Gasteiger partial charge in [0.1, 0.15) is 11.3 Å². The molecular formula is C17H15N3O3S. The lowest BCUT2D eigenvalue weighted by molar-refractivity contribution is 0.0930. The molecule has 1 aliphatic heterocycles. The van der Waals surface area contributed by atoms with Crippen LogP contribution in [0.25, 0.3) is 5.65 Å². The van der Waals surface area contributed by atoms with Crippen molar-refractivity contribution < 1.29 is 13.2 Å². The molecule has 1 N–H and O–H groups in total. The van der Waals surface area contributed by atoms with Gasteiger partial charge < -0.3 is 9.72 Å². The molecule has 1 atom stereocenters. The Hall–Kier alpha value is -2.67. The van der Waals surface area contributed by atoms with Gasteiger partial charge in [-0.25, -0.2) is 13.4 Å². The molecule has 1 amide bonds. The second-order valence-electron chi connectivity index (χ2n) is 5.76. The summed E-state index contributed by atoms with van der Waals surface area (Å²) < 4.78 is 26.1. The number of imidazole rings is 1. The van der Waals surface area contributed by atoms with E-state index in [-0.39, 0.29) is 17.7 Å². The largest absolute Gasteiger partial charge is 0.344 e. The number of aromatic nitrogens is 2. The second kappa shape index (κ2) is 5.45. The molecule has 1 aliphatic rings. The van der Waals surface area contributed by atoms with Crippen LogP contribution in [0.15, 0.2) is 59.8 Å². The van der Waals surface area contributed by atoms with Gasteiger partial charge in [0.05, 0.1) is 16.7 Å². The monoisotopic (exact) mass is 341 g/mol. The van der Waals surface area contributed by atoms with E-state index in [4.69, 9.17) is 0 Å². The summed E-state index contributed by atoms with van der Waals surface area (Å²) in [5, 5.41) is 2.91. The smallest absolute Gasteiger partial charge is 0.271 e. The zero-order chi connectivity index (χ0) is 16.7. The van der Waals surface area contributed by atoms with Gasteiger partial charge in [-0.05, 0) is 30.2 Å². The van der Waals surface area contributed by atoms with Gasteiger partial charge in [0.25, 0.3) is 5.91 Å². The first kappa shape index (κ1) is 14.9. The molecule has 3 heterocycles. The summed E-state index contributed by atoms with van der Waals surface area (Å²) in [6, 6.07) is 12.0. The molecule has 0 saturated carbocycles. The fourth-order valence-corrected chi connectivity index (χ4v) is 4.64. The molecular weight excluding hydrogens is 326 g/mol. The van der Waals surface area contributed by atoms with Crippen molar-refractivity contribution in [2.75, 3.05) is 5.75 Å². The molecule has 0 unspecified atom stereocenters. The first-order chi connectivity index (χ1) is 11.5. The lowest BCUT2D eigenvalue weighted by Gasteiger charge is -2.25. The summed E-state index contributed by atoms with van der Waals surface area (Å²) in [7, 11) is -3.27. The summed E-state index contributed by atoms with van der Waals surface area (Å²) >= 11 is 0. The van der Waals surface area contributed by atoms with Gasteiger partial charge in [-0.2, -0.15) is 0 Å². The number of carbonyl (C=O) groups excluding carboxylic acids is 1. The maximum Gasteiger partial charge on any atom is 0.271 e. The molecule has 0 aliphatic carbocycles. The number of pyridine rings is 1. The number of benzene rings is 1. The summed E-state index contributed by atoms with van der Waals surface area (Å²) in [5.41, 5.74) is 1.64. The zero-order valence-electron chi connectivity index (χ0n) is 12.7. The maximum atomic E-state index is 12.5. The Kier molecular flexibility index (Phi) is 3.38. The van der Waals surface area contributed by atoms with E-state index in [1.165, 1.54) is 0 Å². The molecule has 3 aromatic rings. The van der Waals surface area contributed by atoms with E-state index in [1.807, 2.05) is 24.4 Å². The summed E-state index contributed by atoms with van der Waals surface area (Å²) in [4.78, 5) is 17.1. The molecule has 24 heavy (non-hydrogen) atoms. The van der Waals surface area contributed by atoms with Crippen LogP contribution in [0.1, 0.15) is 28.5 Å². The Balaban J connectivity index is 1.64. The molecule has 0 bridgehead atoms. The average molecular weight is 341 g/mol. The fraction of sp³-hybridized carbons (Fsp3) is 0.176. The van der Waals surface area contributed by atoms with Crippen LogP contribution in [0.3, 0.4) is 0 Å². The minimum atomic E-state index is -3.27. The first-order valence-electron chi connectivity index (χ1n) is 7.61. The lowest BCUT2D eigenvalue weighted by Crippen LogP contribution is -2.34. The molecule has 6 nitrogen and oxygen atoms in total. The van der Waals surface area contributed by atoms with E-state index in [0.29, 0.717) is 28.2 Å². The van der Waals surface area contributed by atoms with E-state index in [2.05, 4.69) is 10.3 Å².